The van der Waals surface area contributed by atoms with E-state index in [-0.39, 0.29) is 17.2 Å². The number of fused-ring (bicyclic) bond motifs is 2. The van der Waals surface area contributed by atoms with Gasteiger partial charge in [0.05, 0.1) is 17.9 Å². The van der Waals surface area contributed by atoms with E-state index in [1.165, 1.54) is 42.1 Å². The van der Waals surface area contributed by atoms with Crippen LogP contribution in [0.15, 0.2) is 29.4 Å². The SMILES string of the molecule is COc1ccccc1-c1nnc(SC(C)C(=O)NC(C)C2CC3CCC2C3)n1N. The molecule has 1 amide bonds. The minimum atomic E-state index is -0.312. The second kappa shape index (κ2) is 8.26. The number of benzene rings is 1. The maximum absolute atomic E-state index is 12.8. The Hall–Kier alpha value is -2.22. The number of carbonyl (C=O) groups is 1. The topological polar surface area (TPSA) is 95.1 Å². The number of nitrogen functional groups attached to an aromatic ring is 1. The lowest BCUT2D eigenvalue weighted by molar-refractivity contribution is -0.121. The fraction of sp³-hybridized carbons (Fsp3) is 0.571. The molecule has 0 aliphatic heterocycles. The first-order valence-corrected chi connectivity index (χ1v) is 11.2. The summed E-state index contributed by atoms with van der Waals surface area (Å²) in [6.07, 6.45) is 5.29. The summed E-state index contributed by atoms with van der Waals surface area (Å²) in [7, 11) is 1.61. The van der Waals surface area contributed by atoms with Crippen molar-refractivity contribution in [2.24, 2.45) is 17.8 Å². The molecule has 5 atom stereocenters. The Kier molecular flexibility index (Phi) is 5.72. The van der Waals surface area contributed by atoms with E-state index in [1.54, 1.807) is 7.11 Å². The number of rotatable bonds is 7. The number of nitrogens with two attached hydrogens (primary N) is 1. The predicted octanol–water partition coefficient (Wildman–Crippen LogP) is 3.09. The summed E-state index contributed by atoms with van der Waals surface area (Å²) in [6.45, 7) is 4.02. The van der Waals surface area contributed by atoms with Crippen LogP contribution in [-0.4, -0.2) is 39.2 Å². The fourth-order valence-electron chi connectivity index (χ4n) is 4.94. The molecule has 2 aromatic rings. The molecule has 2 fully saturated rings. The zero-order valence-corrected chi connectivity index (χ0v) is 18.0. The zero-order chi connectivity index (χ0) is 20.5. The second-order valence-electron chi connectivity index (χ2n) is 8.27. The second-order valence-corrected chi connectivity index (χ2v) is 9.58. The summed E-state index contributed by atoms with van der Waals surface area (Å²) in [4.78, 5) is 12.8. The molecule has 5 unspecified atom stereocenters. The average molecular weight is 416 g/mol. The van der Waals surface area contributed by atoms with E-state index in [2.05, 4.69) is 22.4 Å². The highest BCUT2D eigenvalue weighted by molar-refractivity contribution is 8.00. The number of amides is 1. The lowest BCUT2D eigenvalue weighted by Gasteiger charge is -2.29. The monoisotopic (exact) mass is 415 g/mol. The largest absolute Gasteiger partial charge is 0.496 e. The molecule has 29 heavy (non-hydrogen) atoms. The lowest BCUT2D eigenvalue weighted by Crippen LogP contribution is -2.43. The number of nitrogens with zero attached hydrogens (tertiary/aromatic N) is 3. The Balaban J connectivity index is 1.40. The molecule has 7 nitrogen and oxygen atoms in total. The Morgan fingerprint density at radius 1 is 1.28 bits per heavy atom. The number of aromatic nitrogens is 3. The summed E-state index contributed by atoms with van der Waals surface area (Å²) >= 11 is 1.32. The van der Waals surface area contributed by atoms with E-state index in [1.807, 2.05) is 31.2 Å². The van der Waals surface area contributed by atoms with Gasteiger partial charge in [-0.1, -0.05) is 30.3 Å². The van der Waals surface area contributed by atoms with Crippen LogP contribution in [0.5, 0.6) is 5.75 Å². The Morgan fingerprint density at radius 2 is 2.07 bits per heavy atom. The molecule has 0 saturated heterocycles. The van der Waals surface area contributed by atoms with Crippen molar-refractivity contribution in [1.29, 1.82) is 0 Å². The Morgan fingerprint density at radius 3 is 2.76 bits per heavy atom. The number of carbonyl (C=O) groups excluding carboxylic acids is 1. The molecular formula is C21H29N5O2S. The molecule has 3 N–H and O–H groups in total. The standard InChI is InChI=1S/C21H29N5O2S/c1-12(17-11-14-8-9-15(17)10-14)23-20(27)13(2)29-21-25-24-19(26(21)22)16-6-4-5-7-18(16)28-3/h4-7,12-15,17H,8-11,22H2,1-3H3,(H,23,27). The maximum atomic E-state index is 12.8. The highest BCUT2D eigenvalue weighted by Crippen LogP contribution is 2.49. The minimum absolute atomic E-state index is 0.0205. The van der Waals surface area contributed by atoms with E-state index in [0.29, 0.717) is 22.6 Å². The number of hydrogen-bond acceptors (Lipinski definition) is 6. The van der Waals surface area contributed by atoms with Crippen LogP contribution in [0.1, 0.15) is 39.5 Å². The third kappa shape index (κ3) is 3.95. The van der Waals surface area contributed by atoms with Crippen molar-refractivity contribution < 1.29 is 9.53 Å². The molecule has 2 saturated carbocycles. The third-order valence-electron chi connectivity index (χ3n) is 6.47. The number of hydrogen-bond donors (Lipinski definition) is 2. The Bertz CT molecular complexity index is 886. The summed E-state index contributed by atoms with van der Waals surface area (Å²) in [5, 5.41) is 11.8. The van der Waals surface area contributed by atoms with Gasteiger partial charge in [-0.05, 0) is 63.0 Å². The average Bonchev–Trinajstić information content (AvgIpc) is 3.44. The van der Waals surface area contributed by atoms with Crippen molar-refractivity contribution in [3.63, 3.8) is 0 Å². The highest BCUT2D eigenvalue weighted by atomic mass is 32.2. The van der Waals surface area contributed by atoms with Gasteiger partial charge in [0.1, 0.15) is 5.75 Å². The van der Waals surface area contributed by atoms with Crippen molar-refractivity contribution in [3.8, 4) is 17.1 Å². The molecule has 8 heteroatoms. The normalized spacial score (nSPS) is 25.0. The molecule has 1 heterocycles. The van der Waals surface area contributed by atoms with Gasteiger partial charge in [0.2, 0.25) is 11.1 Å². The molecule has 156 valence electrons. The number of thioether (sulfide) groups is 1. The van der Waals surface area contributed by atoms with Crippen molar-refractivity contribution >= 4 is 17.7 Å². The molecule has 2 aliphatic rings. The van der Waals surface area contributed by atoms with Crippen molar-refractivity contribution in [3.05, 3.63) is 24.3 Å². The summed E-state index contributed by atoms with van der Waals surface area (Å²) < 4.78 is 6.81. The van der Waals surface area contributed by atoms with Gasteiger partial charge in [-0.15, -0.1) is 10.2 Å². The van der Waals surface area contributed by atoms with Gasteiger partial charge in [-0.2, -0.15) is 0 Å². The molecule has 0 radical (unpaired) electrons. The molecule has 4 rings (SSSR count). The van der Waals surface area contributed by atoms with Gasteiger partial charge in [0, 0.05) is 6.04 Å². The van der Waals surface area contributed by atoms with E-state index in [9.17, 15) is 4.79 Å². The molecule has 2 aliphatic carbocycles. The number of nitrogens with one attached hydrogen (secondary N) is 1. The van der Waals surface area contributed by atoms with Crippen LogP contribution in [0.3, 0.4) is 0 Å². The van der Waals surface area contributed by atoms with Gasteiger partial charge < -0.3 is 15.9 Å². The van der Waals surface area contributed by atoms with Crippen molar-refractivity contribution in [2.45, 2.75) is 56.0 Å². The zero-order valence-electron chi connectivity index (χ0n) is 17.2. The first kappa shape index (κ1) is 20.1. The summed E-state index contributed by atoms with van der Waals surface area (Å²) in [5.41, 5.74) is 0.763. The van der Waals surface area contributed by atoms with Crippen LogP contribution in [0.4, 0.5) is 0 Å². The van der Waals surface area contributed by atoms with E-state index >= 15 is 0 Å². The Labute approximate surface area is 175 Å². The van der Waals surface area contributed by atoms with Crippen LogP contribution in [0.25, 0.3) is 11.4 Å². The third-order valence-corrected chi connectivity index (χ3v) is 7.53. The first-order chi connectivity index (χ1) is 14.0. The van der Waals surface area contributed by atoms with Crippen LogP contribution in [0.2, 0.25) is 0 Å². The fourth-order valence-corrected chi connectivity index (χ4v) is 5.72. The molecule has 1 aromatic heterocycles. The van der Waals surface area contributed by atoms with Crippen molar-refractivity contribution in [2.75, 3.05) is 13.0 Å². The maximum Gasteiger partial charge on any atom is 0.233 e. The van der Waals surface area contributed by atoms with Crippen molar-refractivity contribution in [1.82, 2.24) is 20.2 Å². The van der Waals surface area contributed by atoms with E-state index in [4.69, 9.17) is 10.6 Å². The highest BCUT2D eigenvalue weighted by Gasteiger charge is 2.42. The van der Waals surface area contributed by atoms with Gasteiger partial charge in [0.25, 0.3) is 0 Å². The van der Waals surface area contributed by atoms with Gasteiger partial charge in [-0.25, -0.2) is 4.68 Å². The number of para-hydroxylation sites is 1. The molecular weight excluding hydrogens is 386 g/mol. The smallest absolute Gasteiger partial charge is 0.233 e. The van der Waals surface area contributed by atoms with Gasteiger partial charge >= 0.3 is 0 Å². The molecule has 1 aromatic carbocycles. The minimum Gasteiger partial charge on any atom is -0.496 e. The van der Waals surface area contributed by atoms with Crippen LogP contribution in [-0.2, 0) is 4.79 Å². The number of methoxy groups -OCH3 is 1. The van der Waals surface area contributed by atoms with Gasteiger partial charge in [0.15, 0.2) is 5.82 Å². The van der Waals surface area contributed by atoms with Gasteiger partial charge in [-0.3, -0.25) is 4.79 Å². The molecule has 2 bridgehead atoms. The summed E-state index contributed by atoms with van der Waals surface area (Å²) in [5.74, 6) is 9.71. The lowest BCUT2D eigenvalue weighted by atomic mass is 9.84. The van der Waals surface area contributed by atoms with Crippen LogP contribution in [0, 0.1) is 17.8 Å². The summed E-state index contributed by atoms with van der Waals surface area (Å²) in [6, 6.07) is 7.73. The quantitative estimate of drug-likeness (QED) is 0.533. The predicted molar refractivity (Wildman–Crippen MR) is 114 cm³/mol. The molecule has 0 spiro atoms. The van der Waals surface area contributed by atoms with Crippen LogP contribution < -0.4 is 15.9 Å². The van der Waals surface area contributed by atoms with E-state index < -0.39 is 0 Å². The first-order valence-electron chi connectivity index (χ1n) is 10.3. The van der Waals surface area contributed by atoms with Crippen LogP contribution >= 0.6 is 11.8 Å². The number of ether oxygens (including phenoxy) is 1. The van der Waals surface area contributed by atoms with E-state index in [0.717, 1.165) is 17.4 Å².